The fraction of sp³-hybridized carbons (Fsp3) is 0.562. The molecule has 0 aromatic heterocycles. The third-order valence-electron chi connectivity index (χ3n) is 4.16. The second-order valence-electron chi connectivity index (χ2n) is 5.39. The van der Waals surface area contributed by atoms with Gasteiger partial charge in [0.05, 0.1) is 17.7 Å². The average Bonchev–Trinajstić information content (AvgIpc) is 2.49. The predicted molar refractivity (Wildman–Crippen MR) is 82.5 cm³/mol. The summed E-state index contributed by atoms with van der Waals surface area (Å²) in [5, 5.41) is 3.99. The number of nitrogens with one attached hydrogen (secondary N) is 1. The van der Waals surface area contributed by atoms with E-state index in [1.54, 1.807) is 12.1 Å². The molecule has 0 heterocycles. The first kappa shape index (κ1) is 15.2. The average molecular weight is 296 g/mol. The Labute approximate surface area is 125 Å². The first-order valence-corrected chi connectivity index (χ1v) is 7.68. The number of carbonyl (C=O) groups excluding carboxylic acids is 1. The van der Waals surface area contributed by atoms with Gasteiger partial charge in [-0.05, 0) is 37.0 Å². The van der Waals surface area contributed by atoms with Gasteiger partial charge >= 0.3 is 5.97 Å². The predicted octanol–water partition coefficient (Wildman–Crippen LogP) is 4.51. The van der Waals surface area contributed by atoms with Crippen LogP contribution in [-0.4, -0.2) is 19.1 Å². The molecule has 4 heteroatoms. The van der Waals surface area contributed by atoms with Crippen molar-refractivity contribution in [1.82, 2.24) is 0 Å². The molecule has 1 N–H and O–H groups in total. The summed E-state index contributed by atoms with van der Waals surface area (Å²) in [5.41, 5.74) is 1.36. The molecule has 1 fully saturated rings. The zero-order valence-electron chi connectivity index (χ0n) is 12.1. The highest BCUT2D eigenvalue weighted by molar-refractivity contribution is 6.33. The van der Waals surface area contributed by atoms with E-state index in [1.807, 2.05) is 6.07 Å². The maximum absolute atomic E-state index is 11.7. The van der Waals surface area contributed by atoms with Gasteiger partial charge in [0.25, 0.3) is 0 Å². The molecule has 0 saturated heterocycles. The minimum absolute atomic E-state index is 0.394. The molecule has 3 nitrogen and oxygen atoms in total. The maximum Gasteiger partial charge on any atom is 0.339 e. The number of ether oxygens (including phenoxy) is 1. The molecule has 0 amide bonds. The summed E-state index contributed by atoms with van der Waals surface area (Å²) in [6.07, 6.45) is 6.26. The molecular formula is C16H22ClNO2. The summed E-state index contributed by atoms with van der Waals surface area (Å²) in [7, 11) is 1.37. The van der Waals surface area contributed by atoms with Crippen molar-refractivity contribution in [2.24, 2.45) is 5.92 Å². The zero-order valence-corrected chi connectivity index (χ0v) is 12.9. The molecule has 0 radical (unpaired) electrons. The fourth-order valence-electron chi connectivity index (χ4n) is 2.98. The first-order valence-electron chi connectivity index (χ1n) is 7.30. The Morgan fingerprint density at radius 1 is 1.40 bits per heavy atom. The first-order chi connectivity index (χ1) is 9.65. The van der Waals surface area contributed by atoms with Crippen molar-refractivity contribution in [3.8, 4) is 0 Å². The number of benzene rings is 1. The highest BCUT2D eigenvalue weighted by atomic mass is 35.5. The van der Waals surface area contributed by atoms with Gasteiger partial charge in [-0.15, -0.1) is 0 Å². The molecule has 20 heavy (non-hydrogen) atoms. The van der Waals surface area contributed by atoms with Crippen LogP contribution in [0.5, 0.6) is 0 Å². The molecular weight excluding hydrogens is 274 g/mol. The highest BCUT2D eigenvalue weighted by Crippen LogP contribution is 2.30. The molecule has 1 saturated carbocycles. The van der Waals surface area contributed by atoms with Crippen LogP contribution in [0.15, 0.2) is 18.2 Å². The Kier molecular flexibility index (Phi) is 5.30. The number of anilines is 1. The quantitative estimate of drug-likeness (QED) is 0.831. The summed E-state index contributed by atoms with van der Waals surface area (Å²) in [6, 6.07) is 5.95. The second-order valence-corrected chi connectivity index (χ2v) is 5.80. The molecule has 0 bridgehead atoms. The van der Waals surface area contributed by atoms with E-state index in [-0.39, 0.29) is 0 Å². The highest BCUT2D eigenvalue weighted by Gasteiger charge is 2.23. The number of halogens is 1. The van der Waals surface area contributed by atoms with Crippen LogP contribution in [0.1, 0.15) is 49.4 Å². The number of hydrogen-bond acceptors (Lipinski definition) is 3. The lowest BCUT2D eigenvalue weighted by Crippen LogP contribution is -2.31. The Hall–Kier alpha value is -1.22. The maximum atomic E-state index is 11.7. The normalized spacial score (nSPS) is 22.4. The summed E-state index contributed by atoms with van der Waals surface area (Å²) >= 11 is 6.04. The molecule has 1 aliphatic carbocycles. The third-order valence-corrected chi connectivity index (χ3v) is 4.49. The minimum atomic E-state index is -0.394. The van der Waals surface area contributed by atoms with Crippen molar-refractivity contribution in [1.29, 1.82) is 0 Å². The Morgan fingerprint density at radius 2 is 2.15 bits per heavy atom. The van der Waals surface area contributed by atoms with Crippen molar-refractivity contribution in [2.45, 2.75) is 45.1 Å². The molecule has 2 unspecified atom stereocenters. The molecule has 0 spiro atoms. The molecule has 2 atom stereocenters. The number of rotatable bonds is 4. The molecule has 1 aliphatic rings. The zero-order chi connectivity index (χ0) is 14.5. The van der Waals surface area contributed by atoms with Crippen molar-refractivity contribution in [3.63, 3.8) is 0 Å². The molecule has 110 valence electrons. The van der Waals surface area contributed by atoms with Gasteiger partial charge < -0.3 is 10.1 Å². The Bertz CT molecular complexity index is 476. The number of esters is 1. The van der Waals surface area contributed by atoms with Gasteiger partial charge in [0.15, 0.2) is 0 Å². The van der Waals surface area contributed by atoms with E-state index >= 15 is 0 Å². The van der Waals surface area contributed by atoms with Crippen LogP contribution in [0.4, 0.5) is 5.69 Å². The van der Waals surface area contributed by atoms with Gasteiger partial charge in [-0.25, -0.2) is 4.79 Å². The van der Waals surface area contributed by atoms with Crippen molar-refractivity contribution in [2.75, 3.05) is 12.4 Å². The standard InChI is InChI=1S/C16H22ClNO2/c1-3-11-6-4-5-7-15(11)18-12-8-9-14(17)13(10-12)16(19)20-2/h8-11,15,18H,3-7H2,1-2H3. The lowest BCUT2D eigenvalue weighted by Gasteiger charge is -2.32. The van der Waals surface area contributed by atoms with Crippen molar-refractivity contribution in [3.05, 3.63) is 28.8 Å². The van der Waals surface area contributed by atoms with Crippen LogP contribution >= 0.6 is 11.6 Å². The molecule has 2 rings (SSSR count). The molecule has 0 aliphatic heterocycles. The van der Waals surface area contributed by atoms with Gasteiger partial charge in [-0.3, -0.25) is 0 Å². The van der Waals surface area contributed by atoms with Gasteiger partial charge in [-0.1, -0.05) is 37.8 Å². The second kappa shape index (κ2) is 6.98. The monoisotopic (exact) mass is 295 g/mol. The third kappa shape index (κ3) is 3.45. The van der Waals surface area contributed by atoms with E-state index in [9.17, 15) is 4.79 Å². The van der Waals surface area contributed by atoms with Gasteiger partial charge in [0.2, 0.25) is 0 Å². The smallest absolute Gasteiger partial charge is 0.339 e. The van der Waals surface area contributed by atoms with E-state index in [2.05, 4.69) is 12.2 Å². The summed E-state index contributed by atoms with van der Waals surface area (Å²) in [4.78, 5) is 11.7. The molecule has 1 aromatic carbocycles. The van der Waals surface area contributed by atoms with Crippen LogP contribution in [-0.2, 0) is 4.74 Å². The van der Waals surface area contributed by atoms with Gasteiger partial charge in [0.1, 0.15) is 0 Å². The van der Waals surface area contributed by atoms with E-state index in [1.165, 1.54) is 39.2 Å². The van der Waals surface area contributed by atoms with E-state index < -0.39 is 5.97 Å². The number of methoxy groups -OCH3 is 1. The minimum Gasteiger partial charge on any atom is -0.465 e. The lowest BCUT2D eigenvalue weighted by molar-refractivity contribution is 0.0601. The Balaban J connectivity index is 2.14. The van der Waals surface area contributed by atoms with Crippen LogP contribution in [0.25, 0.3) is 0 Å². The van der Waals surface area contributed by atoms with Crippen LogP contribution in [0.2, 0.25) is 5.02 Å². The van der Waals surface area contributed by atoms with E-state index in [0.717, 1.165) is 5.69 Å². The van der Waals surface area contributed by atoms with Gasteiger partial charge in [-0.2, -0.15) is 0 Å². The SMILES string of the molecule is CCC1CCCCC1Nc1ccc(Cl)c(C(=O)OC)c1. The van der Waals surface area contributed by atoms with Gasteiger partial charge in [0, 0.05) is 11.7 Å². The Morgan fingerprint density at radius 3 is 2.85 bits per heavy atom. The summed E-state index contributed by atoms with van der Waals surface area (Å²) in [5.74, 6) is 0.315. The summed E-state index contributed by atoms with van der Waals surface area (Å²) in [6.45, 7) is 2.24. The van der Waals surface area contributed by atoms with E-state index in [0.29, 0.717) is 22.5 Å². The topological polar surface area (TPSA) is 38.3 Å². The fourth-order valence-corrected chi connectivity index (χ4v) is 3.18. The number of carbonyl (C=O) groups is 1. The lowest BCUT2D eigenvalue weighted by atomic mass is 9.83. The van der Waals surface area contributed by atoms with Crippen molar-refractivity contribution < 1.29 is 9.53 Å². The largest absolute Gasteiger partial charge is 0.465 e. The summed E-state index contributed by atoms with van der Waals surface area (Å²) < 4.78 is 4.75. The van der Waals surface area contributed by atoms with E-state index in [4.69, 9.17) is 16.3 Å². The van der Waals surface area contributed by atoms with Crippen LogP contribution in [0.3, 0.4) is 0 Å². The van der Waals surface area contributed by atoms with Crippen LogP contribution < -0.4 is 5.32 Å². The number of hydrogen-bond donors (Lipinski definition) is 1. The van der Waals surface area contributed by atoms with Crippen LogP contribution in [0, 0.1) is 5.92 Å². The van der Waals surface area contributed by atoms with Crippen molar-refractivity contribution >= 4 is 23.3 Å². The molecule has 1 aromatic rings.